The molecule has 1 atom stereocenters. The average Bonchev–Trinajstić information content (AvgIpc) is 3.32. The number of nitrogens with zero attached hydrogens (tertiary/aromatic N) is 1. The summed E-state index contributed by atoms with van der Waals surface area (Å²) in [5.41, 5.74) is 0.408. The Kier molecular flexibility index (Phi) is 6.69. The fourth-order valence-electron chi connectivity index (χ4n) is 2.80. The first kappa shape index (κ1) is 20.3. The largest absolute Gasteiger partial charge is 0.416 e. The van der Waals surface area contributed by atoms with Crippen molar-refractivity contribution in [2.45, 2.75) is 32.2 Å². The highest BCUT2D eigenvalue weighted by atomic mass is 19.4. The molecule has 3 rings (SSSR count). The molecule has 2 aromatic rings. The zero-order chi connectivity index (χ0) is 20.0. The van der Waals surface area contributed by atoms with Crippen molar-refractivity contribution in [1.29, 1.82) is 0 Å². The van der Waals surface area contributed by atoms with Crippen LogP contribution >= 0.6 is 0 Å². The van der Waals surface area contributed by atoms with Crippen LogP contribution in [0.15, 0.2) is 34.9 Å². The minimum absolute atomic E-state index is 0.106. The van der Waals surface area contributed by atoms with Crippen LogP contribution < -0.4 is 5.32 Å². The normalized spacial score (nSPS) is 17.0. The number of hydrogen-bond donors (Lipinski definition) is 1. The topological polar surface area (TPSA) is 73.6 Å². The van der Waals surface area contributed by atoms with Gasteiger partial charge in [-0.25, -0.2) is 0 Å². The maximum absolute atomic E-state index is 12.5. The van der Waals surface area contributed by atoms with E-state index in [1.54, 1.807) is 6.07 Å². The Morgan fingerprint density at radius 2 is 2.04 bits per heavy atom. The number of hydrogen-bond acceptors (Lipinski definition) is 5. The van der Waals surface area contributed by atoms with Crippen LogP contribution in [0.4, 0.5) is 13.2 Å². The van der Waals surface area contributed by atoms with Crippen LogP contribution in [0.5, 0.6) is 0 Å². The first-order valence-electron chi connectivity index (χ1n) is 8.93. The van der Waals surface area contributed by atoms with Gasteiger partial charge in [0.2, 0.25) is 5.91 Å². The Hall–Kier alpha value is -2.39. The fourth-order valence-corrected chi connectivity index (χ4v) is 2.80. The quantitative estimate of drug-likeness (QED) is 0.740. The van der Waals surface area contributed by atoms with Crippen molar-refractivity contribution in [1.82, 2.24) is 10.5 Å². The van der Waals surface area contributed by atoms with Gasteiger partial charge in [0.1, 0.15) is 6.61 Å². The molecular formula is C19H21F3N2O4. The van der Waals surface area contributed by atoms with Crippen molar-refractivity contribution in [2.24, 2.45) is 5.92 Å². The van der Waals surface area contributed by atoms with Gasteiger partial charge in [-0.3, -0.25) is 4.79 Å². The zero-order valence-electron chi connectivity index (χ0n) is 15.1. The maximum atomic E-state index is 12.5. The number of ether oxygens (including phenoxy) is 2. The van der Waals surface area contributed by atoms with Crippen molar-refractivity contribution in [3.63, 3.8) is 0 Å². The second kappa shape index (κ2) is 9.20. The summed E-state index contributed by atoms with van der Waals surface area (Å²) in [6, 6.07) is 6.40. The van der Waals surface area contributed by atoms with E-state index in [0.717, 1.165) is 25.2 Å². The summed E-state index contributed by atoms with van der Waals surface area (Å²) < 4.78 is 53.4. The van der Waals surface area contributed by atoms with E-state index in [4.69, 9.17) is 14.0 Å². The number of carbonyl (C=O) groups is 1. The van der Waals surface area contributed by atoms with E-state index in [-0.39, 0.29) is 25.5 Å². The van der Waals surface area contributed by atoms with Gasteiger partial charge in [-0.1, -0.05) is 17.3 Å². The first-order valence-corrected chi connectivity index (χ1v) is 8.93. The van der Waals surface area contributed by atoms with Gasteiger partial charge in [0.15, 0.2) is 5.76 Å². The molecule has 1 aliphatic heterocycles. The van der Waals surface area contributed by atoms with Crippen LogP contribution in [-0.2, 0) is 40.1 Å². The molecule has 0 aliphatic carbocycles. The Bertz CT molecular complexity index is 768. The Morgan fingerprint density at radius 3 is 2.71 bits per heavy atom. The minimum atomic E-state index is -4.35. The summed E-state index contributed by atoms with van der Waals surface area (Å²) in [6.45, 7) is 2.23. The first-order chi connectivity index (χ1) is 13.4. The van der Waals surface area contributed by atoms with E-state index in [0.29, 0.717) is 36.1 Å². The van der Waals surface area contributed by atoms with Crippen molar-refractivity contribution in [2.75, 3.05) is 19.8 Å². The molecule has 9 heteroatoms. The van der Waals surface area contributed by atoms with Gasteiger partial charge in [0, 0.05) is 25.1 Å². The molecule has 1 N–H and O–H groups in total. The number of aromatic nitrogens is 1. The van der Waals surface area contributed by atoms with Gasteiger partial charge >= 0.3 is 6.18 Å². The second-order valence-electron chi connectivity index (χ2n) is 6.68. The third-order valence-electron chi connectivity index (χ3n) is 4.36. The average molecular weight is 398 g/mol. The molecule has 28 heavy (non-hydrogen) atoms. The molecule has 1 amide bonds. The molecule has 0 bridgehead atoms. The van der Waals surface area contributed by atoms with Crippen molar-refractivity contribution in [3.8, 4) is 0 Å². The van der Waals surface area contributed by atoms with Gasteiger partial charge in [-0.15, -0.1) is 0 Å². The smallest absolute Gasteiger partial charge is 0.381 e. The van der Waals surface area contributed by atoms with Crippen LogP contribution in [-0.4, -0.2) is 30.8 Å². The number of halogens is 3. The summed E-state index contributed by atoms with van der Waals surface area (Å²) in [5.74, 6) is 0.659. The highest BCUT2D eigenvalue weighted by molar-refractivity contribution is 5.78. The molecule has 0 radical (unpaired) electrons. The predicted molar refractivity (Wildman–Crippen MR) is 92.1 cm³/mol. The number of carbonyl (C=O) groups excluding carboxylic acids is 1. The molecule has 1 fully saturated rings. The predicted octanol–water partition coefficient (Wildman–Crippen LogP) is 3.11. The number of nitrogens with one attached hydrogen (secondary N) is 1. The molecule has 1 saturated heterocycles. The summed E-state index contributed by atoms with van der Waals surface area (Å²) >= 11 is 0. The van der Waals surface area contributed by atoms with E-state index in [1.807, 2.05) is 0 Å². The molecule has 1 aromatic heterocycles. The summed E-state index contributed by atoms with van der Waals surface area (Å²) in [6.07, 6.45) is -3.30. The minimum Gasteiger partial charge on any atom is -0.381 e. The van der Waals surface area contributed by atoms with Gasteiger partial charge in [0.05, 0.1) is 30.9 Å². The fraction of sp³-hybridized carbons (Fsp3) is 0.474. The van der Waals surface area contributed by atoms with Gasteiger partial charge in [0.25, 0.3) is 0 Å². The lowest BCUT2D eigenvalue weighted by molar-refractivity contribution is -0.137. The van der Waals surface area contributed by atoms with Crippen LogP contribution in [0, 0.1) is 5.92 Å². The highest BCUT2D eigenvalue weighted by Crippen LogP contribution is 2.29. The van der Waals surface area contributed by atoms with E-state index in [1.165, 1.54) is 12.1 Å². The molecular weight excluding hydrogens is 377 g/mol. The van der Waals surface area contributed by atoms with Gasteiger partial charge < -0.3 is 19.3 Å². The summed E-state index contributed by atoms with van der Waals surface area (Å²) in [7, 11) is 0. The van der Waals surface area contributed by atoms with Crippen molar-refractivity contribution < 1.29 is 32.0 Å². The van der Waals surface area contributed by atoms with E-state index in [9.17, 15) is 18.0 Å². The SMILES string of the molecule is O=C(Cc1cc(COCc2ccc(C(F)(F)F)cc2)on1)NCC1CCOC1. The maximum Gasteiger partial charge on any atom is 0.416 e. The molecule has 1 unspecified atom stereocenters. The zero-order valence-corrected chi connectivity index (χ0v) is 15.1. The van der Waals surface area contributed by atoms with E-state index in [2.05, 4.69) is 10.5 Å². The van der Waals surface area contributed by atoms with Gasteiger partial charge in [-0.2, -0.15) is 13.2 Å². The number of amides is 1. The molecule has 1 aliphatic rings. The van der Waals surface area contributed by atoms with Crippen molar-refractivity contribution in [3.05, 3.63) is 52.9 Å². The molecule has 152 valence electrons. The number of benzene rings is 1. The summed E-state index contributed by atoms with van der Waals surface area (Å²) in [5, 5.41) is 6.68. The summed E-state index contributed by atoms with van der Waals surface area (Å²) in [4.78, 5) is 11.9. The Labute approximate surface area is 160 Å². The second-order valence-corrected chi connectivity index (χ2v) is 6.68. The third-order valence-corrected chi connectivity index (χ3v) is 4.36. The third kappa shape index (κ3) is 6.07. The van der Waals surface area contributed by atoms with Crippen LogP contribution in [0.2, 0.25) is 0 Å². The molecule has 2 heterocycles. The monoisotopic (exact) mass is 398 g/mol. The number of rotatable bonds is 8. The standard InChI is InChI=1S/C19H21F3N2O4/c20-19(21,22)15-3-1-13(2-4-15)10-27-12-17-7-16(24-28-17)8-18(25)23-9-14-5-6-26-11-14/h1-4,7,14H,5-6,8-12H2,(H,23,25). The van der Waals surface area contributed by atoms with E-state index >= 15 is 0 Å². The Morgan fingerprint density at radius 1 is 1.25 bits per heavy atom. The van der Waals surface area contributed by atoms with Crippen molar-refractivity contribution >= 4 is 5.91 Å². The molecule has 0 saturated carbocycles. The van der Waals surface area contributed by atoms with Crippen LogP contribution in [0.3, 0.4) is 0 Å². The lowest BCUT2D eigenvalue weighted by Crippen LogP contribution is -2.30. The van der Waals surface area contributed by atoms with Crippen LogP contribution in [0.1, 0.15) is 29.0 Å². The molecule has 1 aromatic carbocycles. The molecule has 6 nitrogen and oxygen atoms in total. The lowest BCUT2D eigenvalue weighted by Gasteiger charge is -2.08. The Balaban J connectivity index is 1.39. The highest BCUT2D eigenvalue weighted by Gasteiger charge is 2.29. The number of alkyl halides is 3. The van der Waals surface area contributed by atoms with Crippen LogP contribution in [0.25, 0.3) is 0 Å². The molecule has 0 spiro atoms. The van der Waals surface area contributed by atoms with E-state index < -0.39 is 11.7 Å². The lowest BCUT2D eigenvalue weighted by atomic mass is 10.1. The van der Waals surface area contributed by atoms with Gasteiger partial charge in [-0.05, 0) is 24.1 Å².